The van der Waals surface area contributed by atoms with Gasteiger partial charge in [0.15, 0.2) is 22.5 Å². The van der Waals surface area contributed by atoms with Crippen LogP contribution < -0.4 is 14.8 Å². The Bertz CT molecular complexity index is 954. The van der Waals surface area contributed by atoms with Crippen LogP contribution in [0.2, 0.25) is 0 Å². The van der Waals surface area contributed by atoms with Gasteiger partial charge in [-0.05, 0) is 37.1 Å². The summed E-state index contributed by atoms with van der Waals surface area (Å²) in [7, 11) is 1.88. The van der Waals surface area contributed by atoms with Crippen molar-refractivity contribution in [2.75, 3.05) is 19.2 Å². The quantitative estimate of drug-likeness (QED) is 0.691. The maximum atomic E-state index is 5.54. The van der Waals surface area contributed by atoms with E-state index >= 15 is 0 Å². The molecule has 1 aliphatic rings. The van der Waals surface area contributed by atoms with E-state index in [9.17, 15) is 0 Å². The molecule has 1 aliphatic heterocycles. The van der Waals surface area contributed by atoms with E-state index in [-0.39, 0.29) is 6.79 Å². The second-order valence-electron chi connectivity index (χ2n) is 6.25. The molecule has 136 valence electrons. The maximum absolute atomic E-state index is 5.54. The number of hydrogen-bond acceptors (Lipinski definition) is 6. The second-order valence-corrected chi connectivity index (χ2v) is 7.26. The van der Waals surface area contributed by atoms with Crippen molar-refractivity contribution in [1.29, 1.82) is 0 Å². The number of benzene rings is 1. The molecule has 0 atom stereocenters. The Morgan fingerprint density at radius 2 is 2.08 bits per heavy atom. The van der Waals surface area contributed by atoms with Crippen molar-refractivity contribution in [3.05, 3.63) is 30.0 Å². The van der Waals surface area contributed by atoms with Gasteiger partial charge in [-0.25, -0.2) is 9.97 Å². The molecule has 3 aromatic rings. The molecule has 0 amide bonds. The van der Waals surface area contributed by atoms with Crippen molar-refractivity contribution >= 4 is 28.6 Å². The highest BCUT2D eigenvalue weighted by atomic mass is 32.2. The van der Waals surface area contributed by atoms with Crippen LogP contribution in [0.5, 0.6) is 11.5 Å². The molecule has 0 spiro atoms. The molecular formula is C19H22N4O2S. The van der Waals surface area contributed by atoms with E-state index in [0.717, 1.165) is 63.4 Å². The van der Waals surface area contributed by atoms with Gasteiger partial charge in [0, 0.05) is 24.7 Å². The minimum absolute atomic E-state index is 0.287. The molecule has 0 unspecified atom stereocenters. The molecule has 0 saturated carbocycles. The van der Waals surface area contributed by atoms with E-state index in [1.165, 1.54) is 0 Å². The van der Waals surface area contributed by atoms with Crippen LogP contribution in [0.25, 0.3) is 11.0 Å². The first-order chi connectivity index (χ1) is 12.7. The SMILES string of the molecule is CCCCn1c(Sc2cc3c(cc2C)OCO3)nc2c(NC)nccc21. The van der Waals surface area contributed by atoms with Crippen LogP contribution in [-0.2, 0) is 6.54 Å². The summed E-state index contributed by atoms with van der Waals surface area (Å²) in [4.78, 5) is 10.4. The summed E-state index contributed by atoms with van der Waals surface area (Å²) in [6, 6.07) is 6.11. The molecule has 0 fully saturated rings. The highest BCUT2D eigenvalue weighted by Crippen LogP contribution is 2.41. The van der Waals surface area contributed by atoms with Crippen LogP contribution in [0.1, 0.15) is 25.3 Å². The topological polar surface area (TPSA) is 61.2 Å². The van der Waals surface area contributed by atoms with Gasteiger partial charge >= 0.3 is 0 Å². The molecule has 4 rings (SSSR count). The Morgan fingerprint density at radius 1 is 1.27 bits per heavy atom. The van der Waals surface area contributed by atoms with E-state index in [1.807, 2.05) is 31.4 Å². The fourth-order valence-corrected chi connectivity index (χ4v) is 4.08. The lowest BCUT2D eigenvalue weighted by molar-refractivity contribution is 0.174. The van der Waals surface area contributed by atoms with E-state index in [1.54, 1.807) is 11.8 Å². The van der Waals surface area contributed by atoms with E-state index < -0.39 is 0 Å². The van der Waals surface area contributed by atoms with Crippen LogP contribution in [0, 0.1) is 6.92 Å². The first-order valence-corrected chi connectivity index (χ1v) is 9.64. The Balaban J connectivity index is 1.78. The van der Waals surface area contributed by atoms with Crippen LogP contribution in [0.15, 0.2) is 34.4 Å². The highest BCUT2D eigenvalue weighted by molar-refractivity contribution is 7.99. The zero-order valence-electron chi connectivity index (χ0n) is 15.2. The van der Waals surface area contributed by atoms with E-state index in [2.05, 4.69) is 28.7 Å². The average molecular weight is 370 g/mol. The predicted molar refractivity (Wildman–Crippen MR) is 103 cm³/mol. The second kappa shape index (κ2) is 7.07. The van der Waals surface area contributed by atoms with Crippen molar-refractivity contribution in [3.8, 4) is 11.5 Å². The summed E-state index contributed by atoms with van der Waals surface area (Å²) in [5.41, 5.74) is 3.17. The molecule has 0 radical (unpaired) electrons. The standard InChI is InChI=1S/C19H22N4O2S/c1-4-5-8-23-13-6-7-21-18(20-3)17(13)22-19(23)26-16-10-15-14(9-12(16)2)24-11-25-15/h6-7,9-10H,4-5,8,11H2,1-3H3,(H,20,21). The summed E-state index contributed by atoms with van der Waals surface area (Å²) in [5, 5.41) is 4.12. The molecular weight excluding hydrogens is 348 g/mol. The first kappa shape index (κ1) is 17.0. The van der Waals surface area contributed by atoms with Crippen molar-refractivity contribution in [3.63, 3.8) is 0 Å². The minimum Gasteiger partial charge on any atom is -0.454 e. The summed E-state index contributed by atoms with van der Waals surface area (Å²) in [5.74, 6) is 2.42. The number of nitrogens with one attached hydrogen (secondary N) is 1. The number of ether oxygens (including phenoxy) is 2. The van der Waals surface area contributed by atoms with Gasteiger partial charge < -0.3 is 19.4 Å². The molecule has 0 bridgehead atoms. The van der Waals surface area contributed by atoms with Crippen molar-refractivity contribution < 1.29 is 9.47 Å². The number of rotatable bonds is 6. The maximum Gasteiger partial charge on any atom is 0.231 e. The van der Waals surface area contributed by atoms with Crippen LogP contribution in [-0.4, -0.2) is 28.4 Å². The number of aromatic nitrogens is 3. The lowest BCUT2D eigenvalue weighted by Gasteiger charge is -2.10. The monoisotopic (exact) mass is 370 g/mol. The Hall–Kier alpha value is -2.41. The van der Waals surface area contributed by atoms with Gasteiger partial charge in [-0.2, -0.15) is 0 Å². The molecule has 6 nitrogen and oxygen atoms in total. The van der Waals surface area contributed by atoms with E-state index in [4.69, 9.17) is 14.5 Å². The Morgan fingerprint density at radius 3 is 2.85 bits per heavy atom. The molecule has 26 heavy (non-hydrogen) atoms. The normalized spacial score (nSPS) is 12.7. The number of anilines is 1. The third kappa shape index (κ3) is 2.96. The van der Waals surface area contributed by atoms with Gasteiger partial charge in [0.1, 0.15) is 5.52 Å². The van der Waals surface area contributed by atoms with Crippen molar-refractivity contribution in [1.82, 2.24) is 14.5 Å². The number of pyridine rings is 1. The van der Waals surface area contributed by atoms with Crippen LogP contribution >= 0.6 is 11.8 Å². The van der Waals surface area contributed by atoms with Gasteiger partial charge in [-0.3, -0.25) is 0 Å². The number of imidazole rings is 1. The Kier molecular flexibility index (Phi) is 4.63. The lowest BCUT2D eigenvalue weighted by Crippen LogP contribution is -2.00. The van der Waals surface area contributed by atoms with Gasteiger partial charge in [0.25, 0.3) is 0 Å². The smallest absolute Gasteiger partial charge is 0.231 e. The van der Waals surface area contributed by atoms with Crippen molar-refractivity contribution in [2.24, 2.45) is 0 Å². The van der Waals surface area contributed by atoms with Gasteiger partial charge in [-0.15, -0.1) is 0 Å². The molecule has 7 heteroatoms. The molecule has 0 aliphatic carbocycles. The zero-order chi connectivity index (χ0) is 18.1. The lowest BCUT2D eigenvalue weighted by atomic mass is 10.2. The molecule has 1 N–H and O–H groups in total. The summed E-state index contributed by atoms with van der Waals surface area (Å²) in [6.45, 7) is 5.51. The third-order valence-electron chi connectivity index (χ3n) is 4.48. The number of hydrogen-bond donors (Lipinski definition) is 1. The van der Waals surface area contributed by atoms with Crippen molar-refractivity contribution in [2.45, 2.75) is 43.3 Å². The zero-order valence-corrected chi connectivity index (χ0v) is 16.0. The molecule has 3 heterocycles. The predicted octanol–water partition coefficient (Wildman–Crippen LogP) is 4.46. The Labute approximate surface area is 156 Å². The number of fused-ring (bicyclic) bond motifs is 2. The molecule has 1 aromatic carbocycles. The summed E-state index contributed by atoms with van der Waals surface area (Å²) in [6.07, 6.45) is 4.08. The summed E-state index contributed by atoms with van der Waals surface area (Å²) < 4.78 is 13.3. The van der Waals surface area contributed by atoms with E-state index in [0.29, 0.717) is 0 Å². The minimum atomic E-state index is 0.287. The molecule has 0 saturated heterocycles. The number of unbranched alkanes of at least 4 members (excludes halogenated alkanes) is 1. The highest BCUT2D eigenvalue weighted by Gasteiger charge is 2.19. The number of nitrogens with zero attached hydrogens (tertiary/aromatic N) is 3. The van der Waals surface area contributed by atoms with Gasteiger partial charge in [0.2, 0.25) is 6.79 Å². The molecule has 2 aromatic heterocycles. The fraction of sp³-hybridized carbons (Fsp3) is 0.368. The average Bonchev–Trinajstić information content (AvgIpc) is 3.23. The third-order valence-corrected chi connectivity index (χ3v) is 5.63. The fourth-order valence-electron chi connectivity index (χ4n) is 3.06. The first-order valence-electron chi connectivity index (χ1n) is 8.82. The van der Waals surface area contributed by atoms with Crippen LogP contribution in [0.3, 0.4) is 0 Å². The van der Waals surface area contributed by atoms with Gasteiger partial charge in [-0.1, -0.05) is 25.1 Å². The largest absolute Gasteiger partial charge is 0.454 e. The van der Waals surface area contributed by atoms with Gasteiger partial charge in [0.05, 0.1) is 5.52 Å². The summed E-state index contributed by atoms with van der Waals surface area (Å²) >= 11 is 1.66. The van der Waals surface area contributed by atoms with Crippen LogP contribution in [0.4, 0.5) is 5.82 Å². The number of aryl methyl sites for hydroxylation is 2.